The molecule has 0 saturated heterocycles. The molecule has 0 aliphatic carbocycles. The van der Waals surface area contributed by atoms with Crippen molar-refractivity contribution in [1.29, 1.82) is 0 Å². The second kappa shape index (κ2) is 7.75. The molecular weight excluding hydrogens is 323 g/mol. The standard InChI is InChI=1S/C13H17BrF3NO/c1-19-12-5-4-10(8-11(12)14)9-18-7-3-2-6-13(15,16)17/h4-5,8,18H,2-3,6-7,9H2,1H3. The monoisotopic (exact) mass is 339 g/mol. The number of alkyl halides is 3. The van der Waals surface area contributed by atoms with Crippen LogP contribution >= 0.6 is 15.9 Å². The minimum atomic E-state index is -4.04. The maximum absolute atomic E-state index is 11.9. The van der Waals surface area contributed by atoms with Gasteiger partial charge in [0.25, 0.3) is 0 Å². The van der Waals surface area contributed by atoms with E-state index in [1.54, 1.807) is 7.11 Å². The van der Waals surface area contributed by atoms with E-state index in [2.05, 4.69) is 21.2 Å². The predicted molar refractivity (Wildman–Crippen MR) is 72.3 cm³/mol. The second-order valence-electron chi connectivity index (χ2n) is 4.22. The largest absolute Gasteiger partial charge is 0.496 e. The Morgan fingerprint density at radius 3 is 2.58 bits per heavy atom. The van der Waals surface area contributed by atoms with Crippen LogP contribution in [0, 0.1) is 0 Å². The van der Waals surface area contributed by atoms with Crippen molar-refractivity contribution in [2.75, 3.05) is 13.7 Å². The second-order valence-corrected chi connectivity index (χ2v) is 5.07. The molecule has 1 N–H and O–H groups in total. The maximum Gasteiger partial charge on any atom is 0.389 e. The molecule has 19 heavy (non-hydrogen) atoms. The summed E-state index contributed by atoms with van der Waals surface area (Å²) in [7, 11) is 1.60. The minimum Gasteiger partial charge on any atom is -0.496 e. The summed E-state index contributed by atoms with van der Waals surface area (Å²) in [4.78, 5) is 0. The third-order valence-corrected chi connectivity index (χ3v) is 3.23. The van der Waals surface area contributed by atoms with Crippen molar-refractivity contribution in [2.24, 2.45) is 0 Å². The smallest absolute Gasteiger partial charge is 0.389 e. The Labute approximate surface area is 119 Å². The Bertz CT molecular complexity index is 396. The summed E-state index contributed by atoms with van der Waals surface area (Å²) in [6, 6.07) is 5.71. The van der Waals surface area contributed by atoms with Gasteiger partial charge in [-0.2, -0.15) is 13.2 Å². The summed E-state index contributed by atoms with van der Waals surface area (Å²) in [6.07, 6.45) is -4.05. The van der Waals surface area contributed by atoms with Crippen LogP contribution in [0.15, 0.2) is 22.7 Å². The molecule has 0 atom stereocenters. The molecule has 0 spiro atoms. The van der Waals surface area contributed by atoms with Gasteiger partial charge in [-0.15, -0.1) is 0 Å². The molecule has 6 heteroatoms. The number of methoxy groups -OCH3 is 1. The Kier molecular flexibility index (Phi) is 6.65. The van der Waals surface area contributed by atoms with E-state index >= 15 is 0 Å². The van der Waals surface area contributed by atoms with Gasteiger partial charge in [0.1, 0.15) is 5.75 Å². The average molecular weight is 340 g/mol. The maximum atomic E-state index is 11.9. The third kappa shape index (κ3) is 6.82. The van der Waals surface area contributed by atoms with Gasteiger partial charge in [-0.25, -0.2) is 0 Å². The lowest BCUT2D eigenvalue weighted by molar-refractivity contribution is -0.135. The topological polar surface area (TPSA) is 21.3 Å². The van der Waals surface area contributed by atoms with Crippen molar-refractivity contribution in [3.63, 3.8) is 0 Å². The molecule has 0 amide bonds. The highest BCUT2D eigenvalue weighted by Crippen LogP contribution is 2.25. The summed E-state index contributed by atoms with van der Waals surface area (Å²) in [5.74, 6) is 0.758. The zero-order valence-corrected chi connectivity index (χ0v) is 12.3. The molecule has 0 bridgehead atoms. The van der Waals surface area contributed by atoms with Crippen molar-refractivity contribution in [2.45, 2.75) is 32.0 Å². The van der Waals surface area contributed by atoms with E-state index < -0.39 is 12.6 Å². The van der Waals surface area contributed by atoms with Crippen LogP contribution in [0.1, 0.15) is 24.8 Å². The molecule has 0 unspecified atom stereocenters. The molecule has 0 aromatic heterocycles. The first-order valence-corrected chi connectivity index (χ1v) is 6.81. The van der Waals surface area contributed by atoms with Crippen molar-refractivity contribution in [3.05, 3.63) is 28.2 Å². The van der Waals surface area contributed by atoms with Crippen LogP contribution in [0.4, 0.5) is 13.2 Å². The predicted octanol–water partition coefficient (Wildman–Crippen LogP) is 4.28. The molecule has 2 nitrogen and oxygen atoms in total. The minimum absolute atomic E-state index is 0.169. The van der Waals surface area contributed by atoms with Gasteiger partial charge in [0, 0.05) is 13.0 Å². The van der Waals surface area contributed by atoms with E-state index in [9.17, 15) is 13.2 Å². The molecule has 0 fully saturated rings. The normalized spacial score (nSPS) is 11.6. The third-order valence-electron chi connectivity index (χ3n) is 2.61. The number of benzene rings is 1. The van der Waals surface area contributed by atoms with Crippen molar-refractivity contribution < 1.29 is 17.9 Å². The summed E-state index contributed by atoms with van der Waals surface area (Å²) in [6.45, 7) is 1.22. The molecule has 1 aromatic rings. The highest BCUT2D eigenvalue weighted by molar-refractivity contribution is 9.10. The fourth-order valence-electron chi connectivity index (χ4n) is 1.63. The van der Waals surface area contributed by atoms with E-state index in [-0.39, 0.29) is 6.42 Å². The van der Waals surface area contributed by atoms with Gasteiger partial charge in [0.2, 0.25) is 0 Å². The number of ether oxygens (including phenoxy) is 1. The summed E-state index contributed by atoms with van der Waals surface area (Å²) in [5.41, 5.74) is 1.06. The average Bonchev–Trinajstić information content (AvgIpc) is 2.32. The zero-order chi connectivity index (χ0) is 14.3. The molecule has 0 radical (unpaired) electrons. The summed E-state index contributed by atoms with van der Waals surface area (Å²) in [5, 5.41) is 3.12. The van der Waals surface area contributed by atoms with Crippen molar-refractivity contribution in [3.8, 4) is 5.75 Å². The molecule has 0 saturated carbocycles. The first-order chi connectivity index (χ1) is 8.92. The van der Waals surface area contributed by atoms with Gasteiger partial charge in [0.05, 0.1) is 11.6 Å². The van der Waals surface area contributed by atoms with Crippen molar-refractivity contribution in [1.82, 2.24) is 5.32 Å². The molecule has 1 rings (SSSR count). The molecule has 0 heterocycles. The van der Waals surface area contributed by atoms with E-state index in [4.69, 9.17) is 4.74 Å². The Morgan fingerprint density at radius 1 is 1.26 bits per heavy atom. The SMILES string of the molecule is COc1ccc(CNCCCCC(F)(F)F)cc1Br. The molecule has 0 aliphatic rings. The van der Waals surface area contributed by atoms with Crippen LogP contribution in [0.25, 0.3) is 0 Å². The van der Waals surface area contributed by atoms with Crippen LogP contribution in [-0.4, -0.2) is 19.8 Å². The van der Waals surface area contributed by atoms with Crippen LogP contribution < -0.4 is 10.1 Å². The molecule has 0 aliphatic heterocycles. The molecule has 1 aromatic carbocycles. The number of halogens is 4. The van der Waals surface area contributed by atoms with Gasteiger partial charge in [-0.05, 0) is 53.0 Å². The Morgan fingerprint density at radius 2 is 2.00 bits per heavy atom. The van der Waals surface area contributed by atoms with Crippen LogP contribution in [0.5, 0.6) is 5.75 Å². The van der Waals surface area contributed by atoms with E-state index in [0.29, 0.717) is 19.5 Å². The Hall–Kier alpha value is -0.750. The fraction of sp³-hybridized carbons (Fsp3) is 0.538. The number of rotatable bonds is 7. The molecule has 108 valence electrons. The lowest BCUT2D eigenvalue weighted by Gasteiger charge is -2.08. The first-order valence-electron chi connectivity index (χ1n) is 6.02. The van der Waals surface area contributed by atoms with Crippen LogP contribution in [0.2, 0.25) is 0 Å². The fourth-order valence-corrected chi connectivity index (χ4v) is 2.22. The number of hydrogen-bond acceptors (Lipinski definition) is 2. The zero-order valence-electron chi connectivity index (χ0n) is 10.7. The van der Waals surface area contributed by atoms with Crippen LogP contribution in [0.3, 0.4) is 0 Å². The van der Waals surface area contributed by atoms with Gasteiger partial charge < -0.3 is 10.1 Å². The number of hydrogen-bond donors (Lipinski definition) is 1. The van der Waals surface area contributed by atoms with E-state index in [0.717, 1.165) is 15.8 Å². The van der Waals surface area contributed by atoms with E-state index in [1.165, 1.54) is 0 Å². The summed E-state index contributed by atoms with van der Waals surface area (Å²) >= 11 is 3.39. The molecular formula is C13H17BrF3NO. The van der Waals surface area contributed by atoms with Gasteiger partial charge >= 0.3 is 6.18 Å². The van der Waals surface area contributed by atoms with Gasteiger partial charge in [-0.1, -0.05) is 6.07 Å². The number of nitrogens with one attached hydrogen (secondary N) is 1. The highest BCUT2D eigenvalue weighted by Gasteiger charge is 2.25. The Balaban J connectivity index is 2.21. The van der Waals surface area contributed by atoms with E-state index in [1.807, 2.05) is 18.2 Å². The quantitative estimate of drug-likeness (QED) is 0.748. The first kappa shape index (κ1) is 16.3. The van der Waals surface area contributed by atoms with Gasteiger partial charge in [-0.3, -0.25) is 0 Å². The lowest BCUT2D eigenvalue weighted by Crippen LogP contribution is -2.16. The number of unbranched alkanes of at least 4 members (excludes halogenated alkanes) is 1. The summed E-state index contributed by atoms with van der Waals surface area (Å²) < 4.78 is 41.7. The lowest BCUT2D eigenvalue weighted by atomic mass is 10.2. The highest BCUT2D eigenvalue weighted by atomic mass is 79.9. The van der Waals surface area contributed by atoms with Crippen molar-refractivity contribution >= 4 is 15.9 Å². The van der Waals surface area contributed by atoms with Gasteiger partial charge in [0.15, 0.2) is 0 Å². The van der Waals surface area contributed by atoms with Crippen LogP contribution in [-0.2, 0) is 6.54 Å².